The van der Waals surface area contributed by atoms with Crippen LogP contribution in [0.25, 0.3) is 11.0 Å². The van der Waals surface area contributed by atoms with E-state index < -0.39 is 0 Å². The molecule has 0 spiro atoms. The molecule has 0 radical (unpaired) electrons. The Morgan fingerprint density at radius 2 is 1.94 bits per heavy atom. The summed E-state index contributed by atoms with van der Waals surface area (Å²) in [6.45, 7) is 4.00. The molecule has 2 aromatic heterocycles. The molecule has 8 heteroatoms. The first-order chi connectivity index (χ1) is 14.9. The van der Waals surface area contributed by atoms with E-state index in [1.54, 1.807) is 11.8 Å². The Bertz CT molecular complexity index is 1120. The Morgan fingerprint density at radius 3 is 2.65 bits per heavy atom. The highest BCUT2D eigenvalue weighted by atomic mass is 32.2. The van der Waals surface area contributed by atoms with E-state index in [-0.39, 0.29) is 0 Å². The van der Waals surface area contributed by atoms with E-state index in [1.807, 2.05) is 19.9 Å². The molecule has 2 fully saturated rings. The number of hydrogen-bond acceptors (Lipinski definition) is 5. The SMILES string of the molecule is Cc1cc(C)nc(SCc2nc3cc(NC(=S)N[C@@H]4C[C@H]5CC[C@@H]4C5)ccc3n2C)n1. The smallest absolute Gasteiger partial charge is 0.188 e. The lowest BCUT2D eigenvalue weighted by Crippen LogP contribution is -2.40. The molecule has 2 aliphatic carbocycles. The molecule has 3 atom stereocenters. The molecule has 2 bridgehead atoms. The number of hydrogen-bond donors (Lipinski definition) is 2. The maximum absolute atomic E-state index is 5.59. The third-order valence-corrected chi connectivity index (χ3v) is 7.64. The Morgan fingerprint density at radius 1 is 1.13 bits per heavy atom. The third kappa shape index (κ3) is 4.41. The Labute approximate surface area is 192 Å². The van der Waals surface area contributed by atoms with E-state index in [4.69, 9.17) is 17.2 Å². The quantitative estimate of drug-likeness (QED) is 0.329. The summed E-state index contributed by atoms with van der Waals surface area (Å²) in [7, 11) is 2.06. The summed E-state index contributed by atoms with van der Waals surface area (Å²) in [5, 5.41) is 8.43. The van der Waals surface area contributed by atoms with Gasteiger partial charge < -0.3 is 15.2 Å². The summed E-state index contributed by atoms with van der Waals surface area (Å²) in [5.74, 6) is 3.42. The van der Waals surface area contributed by atoms with Crippen LogP contribution in [-0.2, 0) is 12.8 Å². The monoisotopic (exact) mass is 452 g/mol. The second kappa shape index (κ2) is 8.39. The van der Waals surface area contributed by atoms with E-state index in [0.29, 0.717) is 6.04 Å². The third-order valence-electron chi connectivity index (χ3n) is 6.58. The van der Waals surface area contributed by atoms with Gasteiger partial charge in [0.05, 0.1) is 16.8 Å². The normalized spacial score (nSPS) is 22.2. The van der Waals surface area contributed by atoms with Gasteiger partial charge in [0.1, 0.15) is 5.82 Å². The van der Waals surface area contributed by atoms with Gasteiger partial charge in [0.25, 0.3) is 0 Å². The van der Waals surface area contributed by atoms with E-state index in [9.17, 15) is 0 Å². The number of benzene rings is 1. The first-order valence-corrected chi connectivity index (χ1v) is 12.3. The lowest BCUT2D eigenvalue weighted by Gasteiger charge is -2.24. The number of aryl methyl sites for hydroxylation is 3. The minimum atomic E-state index is 0.536. The molecule has 0 saturated heterocycles. The fourth-order valence-electron chi connectivity index (χ4n) is 5.10. The summed E-state index contributed by atoms with van der Waals surface area (Å²) in [4.78, 5) is 13.9. The van der Waals surface area contributed by atoms with Gasteiger partial charge in [-0.05, 0) is 81.4 Å². The summed E-state index contributed by atoms with van der Waals surface area (Å²) in [6.07, 6.45) is 5.37. The van der Waals surface area contributed by atoms with Crippen molar-refractivity contribution in [1.29, 1.82) is 0 Å². The minimum absolute atomic E-state index is 0.536. The zero-order valence-electron chi connectivity index (χ0n) is 18.2. The molecule has 5 rings (SSSR count). The number of anilines is 1. The van der Waals surface area contributed by atoms with Crippen molar-refractivity contribution >= 4 is 45.8 Å². The Balaban J connectivity index is 1.26. The molecule has 2 aliphatic rings. The van der Waals surface area contributed by atoms with Crippen molar-refractivity contribution in [3.05, 3.63) is 41.5 Å². The highest BCUT2D eigenvalue weighted by Gasteiger charge is 2.39. The maximum atomic E-state index is 5.59. The maximum Gasteiger partial charge on any atom is 0.188 e. The summed E-state index contributed by atoms with van der Waals surface area (Å²) < 4.78 is 2.14. The van der Waals surface area contributed by atoms with Crippen molar-refractivity contribution in [3.8, 4) is 0 Å². The van der Waals surface area contributed by atoms with Gasteiger partial charge in [-0.2, -0.15) is 0 Å². The van der Waals surface area contributed by atoms with Gasteiger partial charge in [0, 0.05) is 30.2 Å². The fourth-order valence-corrected chi connectivity index (χ4v) is 6.30. The molecule has 1 aromatic carbocycles. The van der Waals surface area contributed by atoms with E-state index in [2.05, 4.69) is 50.4 Å². The van der Waals surface area contributed by atoms with Crippen LogP contribution in [-0.4, -0.2) is 30.7 Å². The van der Waals surface area contributed by atoms with Crippen LogP contribution in [0.5, 0.6) is 0 Å². The van der Waals surface area contributed by atoms with Crippen LogP contribution in [0.4, 0.5) is 5.69 Å². The molecule has 6 nitrogen and oxygen atoms in total. The van der Waals surface area contributed by atoms with E-state index in [0.717, 1.165) is 61.8 Å². The largest absolute Gasteiger partial charge is 0.359 e. The van der Waals surface area contributed by atoms with Crippen LogP contribution in [0.2, 0.25) is 0 Å². The molecule has 162 valence electrons. The van der Waals surface area contributed by atoms with Crippen LogP contribution in [0.15, 0.2) is 29.4 Å². The zero-order valence-corrected chi connectivity index (χ0v) is 19.8. The van der Waals surface area contributed by atoms with Crippen molar-refractivity contribution in [3.63, 3.8) is 0 Å². The number of nitrogens with zero attached hydrogens (tertiary/aromatic N) is 4. The van der Waals surface area contributed by atoms with Crippen molar-refractivity contribution in [2.45, 2.75) is 56.5 Å². The summed E-state index contributed by atoms with van der Waals surface area (Å²) in [5.41, 5.74) is 5.03. The van der Waals surface area contributed by atoms with Crippen LogP contribution in [0, 0.1) is 25.7 Å². The zero-order chi connectivity index (χ0) is 21.5. The predicted molar refractivity (Wildman–Crippen MR) is 130 cm³/mol. The van der Waals surface area contributed by atoms with Crippen LogP contribution < -0.4 is 10.6 Å². The lowest BCUT2D eigenvalue weighted by atomic mass is 9.96. The van der Waals surface area contributed by atoms with Gasteiger partial charge >= 0.3 is 0 Å². The van der Waals surface area contributed by atoms with Crippen LogP contribution >= 0.6 is 24.0 Å². The summed E-state index contributed by atoms with van der Waals surface area (Å²) >= 11 is 7.21. The van der Waals surface area contributed by atoms with E-state index >= 15 is 0 Å². The number of rotatable bonds is 5. The molecule has 0 aliphatic heterocycles. The Kier molecular flexibility index (Phi) is 5.60. The second-order valence-electron chi connectivity index (χ2n) is 8.89. The molecule has 31 heavy (non-hydrogen) atoms. The fraction of sp³-hybridized carbons (Fsp3) is 0.478. The average Bonchev–Trinajstić information content (AvgIpc) is 3.40. The highest BCUT2D eigenvalue weighted by molar-refractivity contribution is 7.98. The van der Waals surface area contributed by atoms with Crippen molar-refractivity contribution in [2.75, 3.05) is 5.32 Å². The molecule has 2 N–H and O–H groups in total. The Hall–Kier alpha value is -2.19. The lowest BCUT2D eigenvalue weighted by molar-refractivity contribution is 0.392. The van der Waals surface area contributed by atoms with Gasteiger partial charge in [-0.25, -0.2) is 15.0 Å². The minimum Gasteiger partial charge on any atom is -0.359 e. The predicted octanol–water partition coefficient (Wildman–Crippen LogP) is 4.75. The number of aromatic nitrogens is 4. The second-order valence-corrected chi connectivity index (χ2v) is 10.2. The van der Waals surface area contributed by atoms with Gasteiger partial charge in [-0.1, -0.05) is 18.2 Å². The number of imidazole rings is 1. The molecule has 3 aromatic rings. The van der Waals surface area contributed by atoms with Gasteiger partial charge in [-0.15, -0.1) is 0 Å². The molecular weight excluding hydrogens is 424 g/mol. The van der Waals surface area contributed by atoms with Crippen molar-refractivity contribution in [2.24, 2.45) is 18.9 Å². The van der Waals surface area contributed by atoms with Gasteiger partial charge in [0.15, 0.2) is 10.3 Å². The summed E-state index contributed by atoms with van der Waals surface area (Å²) in [6, 6.07) is 8.78. The van der Waals surface area contributed by atoms with Gasteiger partial charge in [-0.3, -0.25) is 0 Å². The number of nitrogens with one attached hydrogen (secondary N) is 2. The average molecular weight is 453 g/mol. The first-order valence-electron chi connectivity index (χ1n) is 10.9. The number of thiocarbonyl (C=S) groups is 1. The topological polar surface area (TPSA) is 67.7 Å². The van der Waals surface area contributed by atoms with Gasteiger partial charge in [0.2, 0.25) is 0 Å². The molecule has 2 saturated carbocycles. The molecule has 0 amide bonds. The highest BCUT2D eigenvalue weighted by Crippen LogP contribution is 2.44. The van der Waals surface area contributed by atoms with Crippen molar-refractivity contribution in [1.82, 2.24) is 24.8 Å². The molecular formula is C23H28N6S2. The first kappa shape index (κ1) is 20.7. The number of thioether (sulfide) groups is 1. The van der Waals surface area contributed by atoms with Crippen molar-refractivity contribution < 1.29 is 0 Å². The number of fused-ring (bicyclic) bond motifs is 3. The molecule has 0 unspecified atom stereocenters. The standard InChI is InChI=1S/C23H28N6S2/c1-13-8-14(2)25-23(24-13)31-12-21-27-19-11-17(6-7-20(19)29(21)3)26-22(30)28-18-10-15-4-5-16(18)9-15/h6-8,11,15-16,18H,4-5,9-10,12H2,1-3H3,(H2,26,28,30)/t15-,16+,18+/m0/s1. The van der Waals surface area contributed by atoms with E-state index in [1.165, 1.54) is 25.7 Å². The molecule has 2 heterocycles. The van der Waals surface area contributed by atoms with Crippen LogP contribution in [0.1, 0.15) is 42.9 Å². The van der Waals surface area contributed by atoms with Crippen LogP contribution in [0.3, 0.4) is 0 Å².